The molecule has 0 aliphatic rings. The Morgan fingerprint density at radius 2 is 2.21 bits per heavy atom. The Bertz CT molecular complexity index is 291. The Hall–Kier alpha value is -0.990. The van der Waals surface area contributed by atoms with Crippen LogP contribution in [0.25, 0.3) is 0 Å². The molecule has 0 N–H and O–H groups in total. The number of aromatic nitrogens is 2. The zero-order valence-corrected chi connectivity index (χ0v) is 9.74. The van der Waals surface area contributed by atoms with Gasteiger partial charge in [-0.1, -0.05) is 20.8 Å². The minimum absolute atomic E-state index is 0.183. The monoisotopic (exact) mass is 196 g/mol. The highest BCUT2D eigenvalue weighted by Gasteiger charge is 2.25. The fourth-order valence-electron chi connectivity index (χ4n) is 1.08. The second kappa shape index (κ2) is 4.03. The molecule has 0 radical (unpaired) electrons. The van der Waals surface area contributed by atoms with Crippen LogP contribution in [0.1, 0.15) is 34.1 Å². The van der Waals surface area contributed by atoms with Gasteiger partial charge in [0.15, 0.2) is 0 Å². The van der Waals surface area contributed by atoms with E-state index in [9.17, 15) is 0 Å². The van der Waals surface area contributed by atoms with Crippen molar-refractivity contribution in [1.82, 2.24) is 9.78 Å². The fraction of sp³-hybridized carbons (Fsp3) is 0.727. The summed E-state index contributed by atoms with van der Waals surface area (Å²) in [5.41, 5.74) is 0.192. The van der Waals surface area contributed by atoms with Gasteiger partial charge in [0.1, 0.15) is 6.10 Å². The van der Waals surface area contributed by atoms with E-state index in [2.05, 4.69) is 32.8 Å². The van der Waals surface area contributed by atoms with Gasteiger partial charge in [0, 0.05) is 24.7 Å². The molecule has 0 bridgehead atoms. The van der Waals surface area contributed by atoms with E-state index in [1.54, 1.807) is 4.68 Å². The Morgan fingerprint density at radius 3 is 2.64 bits per heavy atom. The van der Waals surface area contributed by atoms with Crippen LogP contribution in [0.15, 0.2) is 12.3 Å². The number of nitrogens with zero attached hydrogens (tertiary/aromatic N) is 2. The van der Waals surface area contributed by atoms with E-state index in [0.29, 0.717) is 5.88 Å². The van der Waals surface area contributed by atoms with Crippen molar-refractivity contribution in [3.63, 3.8) is 0 Å². The molecule has 14 heavy (non-hydrogen) atoms. The van der Waals surface area contributed by atoms with Gasteiger partial charge in [0.25, 0.3) is 0 Å². The van der Waals surface area contributed by atoms with Gasteiger partial charge >= 0.3 is 0 Å². The normalized spacial score (nSPS) is 14.1. The van der Waals surface area contributed by atoms with Crippen LogP contribution in [0.2, 0.25) is 0 Å². The molecule has 0 saturated heterocycles. The second-order valence-corrected chi connectivity index (χ2v) is 4.43. The van der Waals surface area contributed by atoms with E-state index in [1.807, 2.05) is 19.3 Å². The number of ether oxygens (including phenoxy) is 1. The van der Waals surface area contributed by atoms with Crippen molar-refractivity contribution in [2.75, 3.05) is 0 Å². The lowest BCUT2D eigenvalue weighted by atomic mass is 9.85. The van der Waals surface area contributed by atoms with Gasteiger partial charge in [-0.15, -0.1) is 5.10 Å². The molecule has 3 heteroatoms. The van der Waals surface area contributed by atoms with Crippen LogP contribution in [0, 0.1) is 5.41 Å². The minimum atomic E-state index is 0.183. The average Bonchev–Trinajstić information content (AvgIpc) is 2.51. The maximum absolute atomic E-state index is 5.76. The van der Waals surface area contributed by atoms with E-state index >= 15 is 0 Å². The summed E-state index contributed by atoms with van der Waals surface area (Å²) in [5.74, 6) is 0.710. The topological polar surface area (TPSA) is 27.1 Å². The van der Waals surface area contributed by atoms with Gasteiger partial charge in [-0.2, -0.15) is 0 Å². The molecule has 1 rings (SSSR count). The van der Waals surface area contributed by atoms with E-state index < -0.39 is 0 Å². The van der Waals surface area contributed by atoms with Gasteiger partial charge in [0.05, 0.1) is 0 Å². The highest BCUT2D eigenvalue weighted by molar-refractivity contribution is 5.06. The molecular weight excluding hydrogens is 176 g/mol. The second-order valence-electron chi connectivity index (χ2n) is 4.43. The summed E-state index contributed by atoms with van der Waals surface area (Å²) in [7, 11) is 1.89. The Balaban J connectivity index is 2.61. The molecule has 0 aliphatic heterocycles. The fourth-order valence-corrected chi connectivity index (χ4v) is 1.08. The maximum atomic E-state index is 5.76. The number of aryl methyl sites for hydroxylation is 1. The predicted molar refractivity (Wildman–Crippen MR) is 57.4 cm³/mol. The summed E-state index contributed by atoms with van der Waals surface area (Å²) >= 11 is 0. The lowest BCUT2D eigenvalue weighted by Crippen LogP contribution is -2.31. The molecule has 0 saturated carbocycles. The SMILES string of the molecule is CCC(C)(C)[C@H](C)Oc1ccn(C)n1. The van der Waals surface area contributed by atoms with E-state index in [4.69, 9.17) is 4.74 Å². The first-order valence-electron chi connectivity index (χ1n) is 5.12. The molecule has 0 amide bonds. The number of hydrogen-bond donors (Lipinski definition) is 0. The van der Waals surface area contributed by atoms with Crippen molar-refractivity contribution < 1.29 is 4.74 Å². The molecule has 0 aromatic carbocycles. The Morgan fingerprint density at radius 1 is 1.57 bits per heavy atom. The summed E-state index contributed by atoms with van der Waals surface area (Å²) < 4.78 is 7.51. The average molecular weight is 196 g/mol. The summed E-state index contributed by atoms with van der Waals surface area (Å²) in [6, 6.07) is 1.89. The summed E-state index contributed by atoms with van der Waals surface area (Å²) in [6.07, 6.45) is 3.17. The molecule has 1 heterocycles. The lowest BCUT2D eigenvalue weighted by Gasteiger charge is -2.29. The van der Waals surface area contributed by atoms with Crippen molar-refractivity contribution in [3.8, 4) is 5.88 Å². The molecule has 1 atom stereocenters. The maximum Gasteiger partial charge on any atom is 0.232 e. The number of hydrogen-bond acceptors (Lipinski definition) is 2. The van der Waals surface area contributed by atoms with Gasteiger partial charge in [-0.3, -0.25) is 4.68 Å². The third-order valence-corrected chi connectivity index (χ3v) is 3.00. The van der Waals surface area contributed by atoms with Crippen LogP contribution in [-0.4, -0.2) is 15.9 Å². The molecule has 3 nitrogen and oxygen atoms in total. The van der Waals surface area contributed by atoms with Crippen LogP contribution < -0.4 is 4.74 Å². The highest BCUT2D eigenvalue weighted by atomic mass is 16.5. The van der Waals surface area contributed by atoms with Crippen molar-refractivity contribution in [2.45, 2.75) is 40.2 Å². The van der Waals surface area contributed by atoms with Crippen LogP contribution in [0.4, 0.5) is 0 Å². The quantitative estimate of drug-likeness (QED) is 0.740. The third-order valence-electron chi connectivity index (χ3n) is 3.00. The van der Waals surface area contributed by atoms with Crippen molar-refractivity contribution in [2.24, 2.45) is 12.5 Å². The zero-order valence-electron chi connectivity index (χ0n) is 9.74. The lowest BCUT2D eigenvalue weighted by molar-refractivity contribution is 0.0807. The van der Waals surface area contributed by atoms with Crippen molar-refractivity contribution >= 4 is 0 Å². The van der Waals surface area contributed by atoms with E-state index in [0.717, 1.165) is 6.42 Å². The minimum Gasteiger partial charge on any atom is -0.473 e. The molecule has 0 spiro atoms. The molecule has 1 aromatic rings. The van der Waals surface area contributed by atoms with Crippen LogP contribution in [0.3, 0.4) is 0 Å². The van der Waals surface area contributed by atoms with Crippen molar-refractivity contribution in [1.29, 1.82) is 0 Å². The smallest absolute Gasteiger partial charge is 0.232 e. The Labute approximate surface area is 86.1 Å². The van der Waals surface area contributed by atoms with Crippen molar-refractivity contribution in [3.05, 3.63) is 12.3 Å². The van der Waals surface area contributed by atoms with Crippen LogP contribution in [-0.2, 0) is 7.05 Å². The summed E-state index contributed by atoms with van der Waals surface area (Å²) in [6.45, 7) is 8.69. The molecular formula is C11H20N2O. The molecule has 0 fully saturated rings. The van der Waals surface area contributed by atoms with E-state index in [-0.39, 0.29) is 11.5 Å². The molecule has 0 aliphatic carbocycles. The first kappa shape index (κ1) is 11.1. The van der Waals surface area contributed by atoms with Gasteiger partial charge < -0.3 is 4.74 Å². The Kier molecular flexibility index (Phi) is 3.19. The van der Waals surface area contributed by atoms with Gasteiger partial charge in [0.2, 0.25) is 5.88 Å². The predicted octanol–water partition coefficient (Wildman–Crippen LogP) is 2.62. The molecule has 0 unspecified atom stereocenters. The largest absolute Gasteiger partial charge is 0.473 e. The molecule has 1 aromatic heterocycles. The third kappa shape index (κ3) is 2.50. The molecule has 80 valence electrons. The standard InChI is InChI=1S/C11H20N2O/c1-6-11(3,4)9(2)14-10-7-8-13(5)12-10/h7-9H,6H2,1-5H3/t9-/m0/s1. The van der Waals surface area contributed by atoms with Crippen LogP contribution >= 0.6 is 0 Å². The highest BCUT2D eigenvalue weighted by Crippen LogP contribution is 2.27. The summed E-state index contributed by atoms with van der Waals surface area (Å²) in [5, 5.41) is 4.19. The zero-order chi connectivity index (χ0) is 10.8. The first-order chi connectivity index (χ1) is 6.45. The number of rotatable bonds is 4. The van der Waals surface area contributed by atoms with Gasteiger partial charge in [-0.25, -0.2) is 0 Å². The van der Waals surface area contributed by atoms with E-state index in [1.165, 1.54) is 0 Å². The van der Waals surface area contributed by atoms with Gasteiger partial charge in [-0.05, 0) is 13.3 Å². The summed E-state index contributed by atoms with van der Waals surface area (Å²) in [4.78, 5) is 0. The van der Waals surface area contributed by atoms with Crippen LogP contribution in [0.5, 0.6) is 5.88 Å². The first-order valence-corrected chi connectivity index (χ1v) is 5.12.